The summed E-state index contributed by atoms with van der Waals surface area (Å²) in [5, 5.41) is 0. The average Bonchev–Trinajstić information content (AvgIpc) is 2.41. The third-order valence-electron chi connectivity index (χ3n) is 2.61. The number of carbonyl (C=O) groups excluding carboxylic acids is 1. The molecule has 0 N–H and O–H groups in total. The first-order valence-electron chi connectivity index (χ1n) is 5.38. The van der Waals surface area contributed by atoms with E-state index in [0.29, 0.717) is 10.0 Å². The van der Waals surface area contributed by atoms with Crippen LogP contribution in [0.2, 0.25) is 0 Å². The van der Waals surface area contributed by atoms with E-state index in [-0.39, 0.29) is 5.91 Å². The number of hydrogen-bond acceptors (Lipinski definition) is 1. The smallest absolute Gasteiger partial charge is 0.258 e. The highest BCUT2D eigenvalue weighted by molar-refractivity contribution is 9.10. The van der Waals surface area contributed by atoms with Gasteiger partial charge in [-0.3, -0.25) is 4.79 Å². The quantitative estimate of drug-likeness (QED) is 0.825. The molecule has 4 heteroatoms. The van der Waals surface area contributed by atoms with Gasteiger partial charge in [0.15, 0.2) is 0 Å². The van der Waals surface area contributed by atoms with Gasteiger partial charge in [0.1, 0.15) is 5.82 Å². The molecule has 0 fully saturated rings. The minimum atomic E-state index is -0.442. The lowest BCUT2D eigenvalue weighted by Crippen LogP contribution is -2.26. The molecule has 18 heavy (non-hydrogen) atoms. The van der Waals surface area contributed by atoms with Gasteiger partial charge in [0.2, 0.25) is 0 Å². The molecule has 0 spiro atoms. The van der Waals surface area contributed by atoms with E-state index in [2.05, 4.69) is 15.9 Å². The molecule has 0 saturated carbocycles. The molecule has 0 aliphatic carbocycles. The Labute approximate surface area is 113 Å². The van der Waals surface area contributed by atoms with Crippen LogP contribution in [-0.4, -0.2) is 13.0 Å². The predicted molar refractivity (Wildman–Crippen MR) is 73.3 cm³/mol. The summed E-state index contributed by atoms with van der Waals surface area (Å²) < 4.78 is 13.7. The number of hydrogen-bond donors (Lipinski definition) is 0. The number of benzene rings is 2. The third-order valence-corrected chi connectivity index (χ3v) is 3.26. The first-order chi connectivity index (χ1) is 8.59. The van der Waals surface area contributed by atoms with Gasteiger partial charge in [0.05, 0.1) is 4.47 Å². The molecule has 0 radical (unpaired) electrons. The fraction of sp³-hybridized carbons (Fsp3) is 0.0714. The van der Waals surface area contributed by atoms with Crippen LogP contribution in [0.3, 0.4) is 0 Å². The fourth-order valence-corrected chi connectivity index (χ4v) is 1.84. The molecule has 2 aromatic rings. The molecule has 2 rings (SSSR count). The van der Waals surface area contributed by atoms with Crippen molar-refractivity contribution >= 4 is 27.5 Å². The van der Waals surface area contributed by atoms with Crippen molar-refractivity contribution in [2.75, 3.05) is 11.9 Å². The molecule has 0 aliphatic rings. The second kappa shape index (κ2) is 5.31. The predicted octanol–water partition coefficient (Wildman–Crippen LogP) is 3.86. The number of anilines is 1. The lowest BCUT2D eigenvalue weighted by atomic mass is 10.2. The molecule has 0 bridgehead atoms. The summed E-state index contributed by atoms with van der Waals surface area (Å²) in [5.74, 6) is -0.685. The molecule has 0 atom stereocenters. The largest absolute Gasteiger partial charge is 0.311 e. The summed E-state index contributed by atoms with van der Waals surface area (Å²) in [6, 6.07) is 13.6. The van der Waals surface area contributed by atoms with Gasteiger partial charge in [-0.15, -0.1) is 0 Å². The number of para-hydroxylation sites is 1. The maximum Gasteiger partial charge on any atom is 0.258 e. The zero-order valence-corrected chi connectivity index (χ0v) is 11.3. The van der Waals surface area contributed by atoms with Gasteiger partial charge in [-0.25, -0.2) is 4.39 Å². The molecular formula is C14H11BrFNO. The molecular weight excluding hydrogens is 297 g/mol. The monoisotopic (exact) mass is 307 g/mol. The van der Waals surface area contributed by atoms with Gasteiger partial charge in [0, 0.05) is 18.3 Å². The van der Waals surface area contributed by atoms with Crippen molar-refractivity contribution in [1.82, 2.24) is 0 Å². The summed E-state index contributed by atoms with van der Waals surface area (Å²) in [4.78, 5) is 13.6. The minimum Gasteiger partial charge on any atom is -0.311 e. The standard InChI is InChI=1S/C14H11BrFNO/c1-17(11-5-3-2-4-6-11)14(18)10-7-8-12(15)13(16)9-10/h2-9H,1H3. The molecule has 2 nitrogen and oxygen atoms in total. The maximum atomic E-state index is 13.4. The Balaban J connectivity index is 2.29. The van der Waals surface area contributed by atoms with Crippen molar-refractivity contribution in [2.45, 2.75) is 0 Å². The van der Waals surface area contributed by atoms with Gasteiger partial charge in [0.25, 0.3) is 5.91 Å². The van der Waals surface area contributed by atoms with E-state index in [1.54, 1.807) is 13.1 Å². The lowest BCUT2D eigenvalue weighted by molar-refractivity contribution is 0.0992. The molecule has 0 unspecified atom stereocenters. The SMILES string of the molecule is CN(C(=O)c1ccc(Br)c(F)c1)c1ccccc1. The van der Waals surface area contributed by atoms with Gasteiger partial charge in [-0.2, -0.15) is 0 Å². The normalized spacial score (nSPS) is 10.2. The first kappa shape index (κ1) is 12.8. The van der Waals surface area contributed by atoms with E-state index in [0.717, 1.165) is 5.69 Å². The van der Waals surface area contributed by atoms with Gasteiger partial charge in [-0.05, 0) is 46.3 Å². The zero-order valence-electron chi connectivity index (χ0n) is 9.73. The maximum absolute atomic E-state index is 13.4. The summed E-state index contributed by atoms with van der Waals surface area (Å²) in [7, 11) is 1.66. The van der Waals surface area contributed by atoms with Crippen molar-refractivity contribution in [3.8, 4) is 0 Å². The van der Waals surface area contributed by atoms with Crippen LogP contribution in [0.15, 0.2) is 53.0 Å². The number of nitrogens with zero attached hydrogens (tertiary/aromatic N) is 1. The highest BCUT2D eigenvalue weighted by Gasteiger charge is 2.14. The summed E-state index contributed by atoms with van der Waals surface area (Å²) in [6.07, 6.45) is 0. The van der Waals surface area contributed by atoms with Crippen molar-refractivity contribution in [1.29, 1.82) is 0 Å². The van der Waals surface area contributed by atoms with Crippen molar-refractivity contribution in [3.63, 3.8) is 0 Å². The second-order valence-electron chi connectivity index (χ2n) is 3.83. The number of amides is 1. The average molecular weight is 308 g/mol. The topological polar surface area (TPSA) is 20.3 Å². The first-order valence-corrected chi connectivity index (χ1v) is 6.17. The van der Waals surface area contributed by atoms with E-state index in [1.807, 2.05) is 30.3 Å². The van der Waals surface area contributed by atoms with Crippen LogP contribution < -0.4 is 4.90 Å². The Morgan fingerprint density at radius 2 is 1.83 bits per heavy atom. The van der Waals surface area contributed by atoms with E-state index >= 15 is 0 Å². The van der Waals surface area contributed by atoms with Crippen molar-refractivity contribution in [2.24, 2.45) is 0 Å². The van der Waals surface area contributed by atoms with Crippen LogP contribution in [0.25, 0.3) is 0 Å². The second-order valence-corrected chi connectivity index (χ2v) is 4.68. The highest BCUT2D eigenvalue weighted by Crippen LogP contribution is 2.19. The van der Waals surface area contributed by atoms with Gasteiger partial charge < -0.3 is 4.90 Å². The Bertz CT molecular complexity index is 571. The lowest BCUT2D eigenvalue weighted by Gasteiger charge is -2.17. The van der Waals surface area contributed by atoms with E-state index in [4.69, 9.17) is 0 Å². The van der Waals surface area contributed by atoms with Crippen molar-refractivity contribution in [3.05, 3.63) is 64.4 Å². The number of carbonyl (C=O) groups is 1. The Morgan fingerprint density at radius 3 is 2.44 bits per heavy atom. The molecule has 0 saturated heterocycles. The number of halogens is 2. The van der Waals surface area contributed by atoms with Gasteiger partial charge >= 0.3 is 0 Å². The molecule has 0 heterocycles. The van der Waals surface area contributed by atoms with Gasteiger partial charge in [-0.1, -0.05) is 18.2 Å². The van der Waals surface area contributed by atoms with Crippen molar-refractivity contribution < 1.29 is 9.18 Å². The number of rotatable bonds is 2. The Hall–Kier alpha value is -1.68. The summed E-state index contributed by atoms with van der Waals surface area (Å²) in [6.45, 7) is 0. The van der Waals surface area contributed by atoms with E-state index < -0.39 is 5.82 Å². The van der Waals surface area contributed by atoms with Crippen LogP contribution in [0, 0.1) is 5.82 Å². The molecule has 92 valence electrons. The summed E-state index contributed by atoms with van der Waals surface area (Å²) >= 11 is 3.06. The molecule has 2 aromatic carbocycles. The van der Waals surface area contributed by atoms with Crippen LogP contribution in [0.1, 0.15) is 10.4 Å². The molecule has 0 aliphatic heterocycles. The minimum absolute atomic E-state index is 0.243. The molecule has 1 amide bonds. The fourth-order valence-electron chi connectivity index (χ4n) is 1.59. The van der Waals surface area contributed by atoms with Crippen LogP contribution in [-0.2, 0) is 0 Å². The van der Waals surface area contributed by atoms with Crippen LogP contribution >= 0.6 is 15.9 Å². The Kier molecular flexibility index (Phi) is 3.77. The zero-order chi connectivity index (χ0) is 13.1. The third kappa shape index (κ3) is 2.59. The van der Waals surface area contributed by atoms with E-state index in [1.165, 1.54) is 17.0 Å². The van der Waals surface area contributed by atoms with Crippen LogP contribution in [0.4, 0.5) is 10.1 Å². The summed E-state index contributed by atoms with van der Waals surface area (Å²) in [5.41, 5.74) is 1.09. The Morgan fingerprint density at radius 1 is 1.17 bits per heavy atom. The van der Waals surface area contributed by atoms with E-state index in [9.17, 15) is 9.18 Å². The highest BCUT2D eigenvalue weighted by atomic mass is 79.9. The van der Waals surface area contributed by atoms with Crippen LogP contribution in [0.5, 0.6) is 0 Å². The molecule has 0 aromatic heterocycles.